The van der Waals surface area contributed by atoms with E-state index in [0.717, 1.165) is 30.8 Å². The van der Waals surface area contributed by atoms with E-state index in [1.807, 2.05) is 25.1 Å². The second-order valence-electron chi connectivity index (χ2n) is 9.99. The van der Waals surface area contributed by atoms with Crippen LogP contribution in [0.2, 0.25) is 0 Å². The summed E-state index contributed by atoms with van der Waals surface area (Å²) >= 11 is 0. The van der Waals surface area contributed by atoms with Crippen LogP contribution in [0.4, 0.5) is 0 Å². The zero-order valence-corrected chi connectivity index (χ0v) is 19.7. The van der Waals surface area contributed by atoms with Gasteiger partial charge in [-0.3, -0.25) is 4.79 Å². The van der Waals surface area contributed by atoms with Gasteiger partial charge in [0.25, 0.3) is 11.9 Å². The molecule has 5 heterocycles. The number of hydrogen-bond acceptors (Lipinski definition) is 6. The molecule has 2 atom stereocenters. The average Bonchev–Trinajstić information content (AvgIpc) is 3.46. The molecule has 2 saturated heterocycles. The third-order valence-electron chi connectivity index (χ3n) is 7.59. The lowest BCUT2D eigenvalue weighted by Gasteiger charge is -2.44. The normalized spacial score (nSPS) is 23.0. The zero-order chi connectivity index (χ0) is 23.1. The van der Waals surface area contributed by atoms with Crippen LogP contribution in [0.5, 0.6) is 0 Å². The SMILES string of the molecule is Cc1ccc(-c2ccnc(-n3ncc(C(=O)NC[C@@H]4CCCN5CCCC[C@H]45)c3C3CC3)n2)o1. The summed E-state index contributed by atoms with van der Waals surface area (Å²) in [5.74, 6) is 2.83. The quantitative estimate of drug-likeness (QED) is 0.596. The van der Waals surface area contributed by atoms with Crippen molar-refractivity contribution < 1.29 is 9.21 Å². The van der Waals surface area contributed by atoms with Crippen molar-refractivity contribution in [3.05, 3.63) is 47.6 Å². The lowest BCUT2D eigenvalue weighted by molar-refractivity contribution is 0.0575. The Balaban J connectivity index is 1.22. The van der Waals surface area contributed by atoms with E-state index in [1.165, 1.54) is 45.2 Å². The predicted octanol–water partition coefficient (Wildman–Crippen LogP) is 4.10. The van der Waals surface area contributed by atoms with Crippen LogP contribution in [0.3, 0.4) is 0 Å². The maximum absolute atomic E-state index is 13.3. The molecule has 3 fully saturated rings. The van der Waals surface area contributed by atoms with Gasteiger partial charge in [0.05, 0.1) is 17.5 Å². The first-order chi connectivity index (χ1) is 16.7. The Hall–Kier alpha value is -3.00. The fourth-order valence-corrected chi connectivity index (χ4v) is 5.74. The maximum Gasteiger partial charge on any atom is 0.254 e. The summed E-state index contributed by atoms with van der Waals surface area (Å²) in [5.41, 5.74) is 2.28. The van der Waals surface area contributed by atoms with Crippen molar-refractivity contribution in [1.82, 2.24) is 30.0 Å². The number of furan rings is 1. The van der Waals surface area contributed by atoms with Crippen LogP contribution in [0.15, 0.2) is 35.0 Å². The topological polar surface area (TPSA) is 89.1 Å². The van der Waals surface area contributed by atoms with Gasteiger partial charge in [-0.15, -0.1) is 0 Å². The fourth-order valence-electron chi connectivity index (χ4n) is 5.74. The molecule has 8 heteroatoms. The summed E-state index contributed by atoms with van der Waals surface area (Å²) in [6.07, 6.45) is 11.8. The Labute approximate surface area is 199 Å². The molecule has 3 aliphatic rings. The molecule has 1 N–H and O–H groups in total. The van der Waals surface area contributed by atoms with E-state index in [2.05, 4.69) is 20.3 Å². The summed E-state index contributed by atoms with van der Waals surface area (Å²) in [7, 11) is 0. The minimum atomic E-state index is -0.0288. The summed E-state index contributed by atoms with van der Waals surface area (Å²) < 4.78 is 7.48. The Morgan fingerprint density at radius 1 is 1.12 bits per heavy atom. The van der Waals surface area contributed by atoms with Crippen LogP contribution in [0.1, 0.15) is 72.7 Å². The van der Waals surface area contributed by atoms with E-state index in [9.17, 15) is 4.79 Å². The minimum absolute atomic E-state index is 0.0288. The number of hydrogen-bond donors (Lipinski definition) is 1. The number of carbonyl (C=O) groups is 1. The van der Waals surface area contributed by atoms with Gasteiger partial charge < -0.3 is 14.6 Å². The molecule has 1 aliphatic carbocycles. The van der Waals surface area contributed by atoms with Crippen LogP contribution < -0.4 is 5.32 Å². The number of fused-ring (bicyclic) bond motifs is 1. The van der Waals surface area contributed by atoms with Gasteiger partial charge in [-0.1, -0.05) is 6.42 Å². The molecule has 1 amide bonds. The third kappa shape index (κ3) is 4.15. The Bertz CT molecular complexity index is 1180. The van der Waals surface area contributed by atoms with Gasteiger partial charge in [0.1, 0.15) is 11.5 Å². The number of piperidine rings is 2. The zero-order valence-electron chi connectivity index (χ0n) is 19.7. The van der Waals surface area contributed by atoms with Gasteiger partial charge in [0.2, 0.25) is 0 Å². The van der Waals surface area contributed by atoms with E-state index in [4.69, 9.17) is 9.40 Å². The highest BCUT2D eigenvalue weighted by Gasteiger charge is 2.35. The van der Waals surface area contributed by atoms with Crippen molar-refractivity contribution in [1.29, 1.82) is 0 Å². The molecular formula is C26H32N6O2. The molecule has 0 bridgehead atoms. The van der Waals surface area contributed by atoms with Crippen LogP contribution >= 0.6 is 0 Å². The first kappa shape index (κ1) is 21.5. The Morgan fingerprint density at radius 3 is 2.82 bits per heavy atom. The lowest BCUT2D eigenvalue weighted by Crippen LogP contribution is -2.51. The summed E-state index contributed by atoms with van der Waals surface area (Å²) in [5, 5.41) is 7.82. The molecule has 0 aromatic carbocycles. The van der Waals surface area contributed by atoms with Crippen molar-refractivity contribution in [3.8, 4) is 17.4 Å². The van der Waals surface area contributed by atoms with Gasteiger partial charge in [-0.2, -0.15) is 5.10 Å². The molecule has 34 heavy (non-hydrogen) atoms. The van der Waals surface area contributed by atoms with Crippen LogP contribution in [0, 0.1) is 12.8 Å². The summed E-state index contributed by atoms with van der Waals surface area (Å²) in [4.78, 5) is 25.1. The highest BCUT2D eigenvalue weighted by Crippen LogP contribution is 2.42. The molecule has 0 spiro atoms. The van der Waals surface area contributed by atoms with E-state index in [0.29, 0.717) is 40.8 Å². The standard InChI is InChI=1S/C26H32N6O2/c1-17-7-10-23(34-17)21-11-12-27-26(30-21)32-24(18-8-9-18)20(16-29-32)25(33)28-15-19-5-4-14-31-13-3-2-6-22(19)31/h7,10-12,16,18-19,22H,2-6,8-9,13-15H2,1H3,(H,28,33)/t19-,22+/m0/s1. The highest BCUT2D eigenvalue weighted by atomic mass is 16.3. The first-order valence-corrected chi connectivity index (χ1v) is 12.7. The first-order valence-electron chi connectivity index (χ1n) is 12.7. The van der Waals surface area contributed by atoms with Gasteiger partial charge in [0, 0.05) is 24.7 Å². The molecule has 8 nitrogen and oxygen atoms in total. The number of carbonyl (C=O) groups excluding carboxylic acids is 1. The van der Waals surface area contributed by atoms with Crippen LogP contribution in [-0.4, -0.2) is 56.2 Å². The van der Waals surface area contributed by atoms with Crippen LogP contribution in [0.25, 0.3) is 17.4 Å². The van der Waals surface area contributed by atoms with E-state index in [-0.39, 0.29) is 5.91 Å². The molecular weight excluding hydrogens is 428 g/mol. The van der Waals surface area contributed by atoms with Crippen molar-refractivity contribution >= 4 is 5.91 Å². The van der Waals surface area contributed by atoms with Crippen molar-refractivity contribution in [2.75, 3.05) is 19.6 Å². The van der Waals surface area contributed by atoms with Gasteiger partial charge >= 0.3 is 0 Å². The van der Waals surface area contributed by atoms with Gasteiger partial charge in [0.15, 0.2) is 5.76 Å². The molecule has 178 valence electrons. The third-order valence-corrected chi connectivity index (χ3v) is 7.59. The van der Waals surface area contributed by atoms with Crippen molar-refractivity contribution in [3.63, 3.8) is 0 Å². The lowest BCUT2D eigenvalue weighted by atomic mass is 9.83. The summed E-state index contributed by atoms with van der Waals surface area (Å²) in [6.45, 7) is 5.07. The van der Waals surface area contributed by atoms with E-state index < -0.39 is 0 Å². The number of aryl methyl sites for hydroxylation is 1. The average molecular weight is 461 g/mol. The Kier molecular flexibility index (Phi) is 5.69. The number of aromatic nitrogens is 4. The highest BCUT2D eigenvalue weighted by molar-refractivity contribution is 5.95. The molecule has 0 radical (unpaired) electrons. The van der Waals surface area contributed by atoms with E-state index in [1.54, 1.807) is 17.1 Å². The monoisotopic (exact) mass is 460 g/mol. The molecule has 0 unspecified atom stereocenters. The maximum atomic E-state index is 13.3. The van der Waals surface area contributed by atoms with E-state index >= 15 is 0 Å². The Morgan fingerprint density at radius 2 is 2.00 bits per heavy atom. The largest absolute Gasteiger partial charge is 0.460 e. The molecule has 6 rings (SSSR count). The molecule has 3 aromatic heterocycles. The number of nitrogens with one attached hydrogen (secondary N) is 1. The smallest absolute Gasteiger partial charge is 0.254 e. The second-order valence-corrected chi connectivity index (χ2v) is 9.99. The summed E-state index contributed by atoms with van der Waals surface area (Å²) in [6, 6.07) is 6.27. The molecule has 2 aliphatic heterocycles. The fraction of sp³-hybridized carbons (Fsp3) is 0.538. The number of rotatable bonds is 6. The number of nitrogens with zero attached hydrogens (tertiary/aromatic N) is 5. The minimum Gasteiger partial charge on any atom is -0.460 e. The predicted molar refractivity (Wildman–Crippen MR) is 128 cm³/mol. The van der Waals surface area contributed by atoms with Gasteiger partial charge in [-0.25, -0.2) is 14.6 Å². The number of amides is 1. The molecule has 3 aromatic rings. The second kappa shape index (κ2) is 8.98. The molecule has 1 saturated carbocycles. The van der Waals surface area contributed by atoms with Crippen molar-refractivity contribution in [2.24, 2.45) is 5.92 Å². The van der Waals surface area contributed by atoms with Crippen LogP contribution in [-0.2, 0) is 0 Å². The van der Waals surface area contributed by atoms with Gasteiger partial charge in [-0.05, 0) is 82.7 Å². The van der Waals surface area contributed by atoms with Crippen molar-refractivity contribution in [2.45, 2.75) is 63.8 Å².